The summed E-state index contributed by atoms with van der Waals surface area (Å²) in [4.78, 5) is 23.6. The molecule has 0 bridgehead atoms. The number of amides is 1. The number of rotatable bonds is 2. The normalized spacial score (nSPS) is 16.0. The molecule has 1 atom stereocenters. The van der Waals surface area contributed by atoms with Gasteiger partial charge in [0, 0.05) is 13.5 Å². The summed E-state index contributed by atoms with van der Waals surface area (Å²) in [6, 6.07) is 9.39. The Kier molecular flexibility index (Phi) is 11.0. The van der Waals surface area contributed by atoms with E-state index in [4.69, 9.17) is 5.11 Å². The van der Waals surface area contributed by atoms with E-state index >= 15 is 0 Å². The van der Waals surface area contributed by atoms with Crippen molar-refractivity contribution in [3.05, 3.63) is 35.9 Å². The number of Topliss-reactive ketones (excluding diaryl/α,β-unsaturated/α-hetero) is 1. The molecule has 1 unspecified atom stereocenters. The second kappa shape index (κ2) is 11.9. The van der Waals surface area contributed by atoms with Crippen molar-refractivity contribution >= 4 is 11.7 Å². The fourth-order valence-corrected chi connectivity index (χ4v) is 2.15. The molecule has 0 saturated carbocycles. The zero-order chi connectivity index (χ0) is 17.0. The summed E-state index contributed by atoms with van der Waals surface area (Å²) in [5.74, 6) is 0.125. The summed E-state index contributed by atoms with van der Waals surface area (Å²) in [6.45, 7) is 8.20. The molecule has 1 saturated heterocycles. The van der Waals surface area contributed by atoms with Crippen LogP contribution in [0.5, 0.6) is 0 Å². The average Bonchev–Trinajstić information content (AvgIpc) is 2.99. The molecule has 1 amide bonds. The summed E-state index contributed by atoms with van der Waals surface area (Å²) in [6.07, 6.45) is 3.05. The number of likely N-dealkylation sites (tertiary alicyclic amines) is 1. The zero-order valence-corrected chi connectivity index (χ0v) is 14.2. The number of nitrogens with zero attached hydrogens (tertiary/aromatic N) is 1. The number of hydrogen-bond donors (Lipinski definition) is 1. The summed E-state index contributed by atoms with van der Waals surface area (Å²) in [5.41, 5.74) is 0.965. The molecular weight excluding hydrogens is 278 g/mol. The lowest BCUT2D eigenvalue weighted by Gasteiger charge is -2.20. The molecule has 0 spiro atoms. The van der Waals surface area contributed by atoms with Crippen molar-refractivity contribution in [2.45, 2.75) is 59.6 Å². The van der Waals surface area contributed by atoms with Gasteiger partial charge in [0.2, 0.25) is 5.91 Å². The van der Waals surface area contributed by atoms with Crippen LogP contribution in [0.25, 0.3) is 0 Å². The topological polar surface area (TPSA) is 57.6 Å². The Labute approximate surface area is 134 Å². The van der Waals surface area contributed by atoms with Gasteiger partial charge in [-0.2, -0.15) is 0 Å². The van der Waals surface area contributed by atoms with E-state index in [1.54, 1.807) is 11.8 Å². The SMILES string of the molecule is CC(=O)C1CCCN1C(C)=O.CCC.OCc1ccccc1. The van der Waals surface area contributed by atoms with Crippen molar-refractivity contribution < 1.29 is 14.7 Å². The molecule has 1 fully saturated rings. The molecule has 1 aliphatic rings. The van der Waals surface area contributed by atoms with Crippen molar-refractivity contribution in [2.24, 2.45) is 0 Å². The third kappa shape index (κ3) is 7.93. The van der Waals surface area contributed by atoms with Crippen LogP contribution in [0.1, 0.15) is 52.5 Å². The standard InChI is InChI=1S/C8H13NO2.C7H8O.C3H8/c1-6(10)8-4-3-5-9(8)7(2)11;8-6-7-4-2-1-3-5-7;1-3-2/h8H,3-5H2,1-2H3;1-5,8H,6H2;3H2,1-2H3. The number of aliphatic hydroxyl groups is 1. The number of benzene rings is 1. The van der Waals surface area contributed by atoms with Crippen LogP contribution in [-0.4, -0.2) is 34.3 Å². The first-order chi connectivity index (χ1) is 10.5. The van der Waals surface area contributed by atoms with Crippen LogP contribution in [0.4, 0.5) is 0 Å². The molecule has 22 heavy (non-hydrogen) atoms. The lowest BCUT2D eigenvalue weighted by atomic mass is 10.1. The Bertz CT molecular complexity index is 411. The van der Waals surface area contributed by atoms with Gasteiger partial charge in [-0.15, -0.1) is 0 Å². The van der Waals surface area contributed by atoms with Gasteiger partial charge in [0.15, 0.2) is 5.78 Å². The lowest BCUT2D eigenvalue weighted by Crippen LogP contribution is -2.37. The van der Waals surface area contributed by atoms with Crippen molar-refractivity contribution in [2.75, 3.05) is 6.54 Å². The summed E-state index contributed by atoms with van der Waals surface area (Å²) in [7, 11) is 0. The van der Waals surface area contributed by atoms with Gasteiger partial charge in [0.05, 0.1) is 12.6 Å². The van der Waals surface area contributed by atoms with Crippen LogP contribution < -0.4 is 0 Å². The van der Waals surface area contributed by atoms with Crippen molar-refractivity contribution in [3.8, 4) is 0 Å². The first-order valence-corrected chi connectivity index (χ1v) is 7.90. The second-order valence-electron chi connectivity index (χ2n) is 5.33. The van der Waals surface area contributed by atoms with Crippen molar-refractivity contribution in [3.63, 3.8) is 0 Å². The van der Waals surface area contributed by atoms with Gasteiger partial charge >= 0.3 is 0 Å². The van der Waals surface area contributed by atoms with Gasteiger partial charge in [0.1, 0.15) is 0 Å². The van der Waals surface area contributed by atoms with E-state index in [9.17, 15) is 9.59 Å². The van der Waals surface area contributed by atoms with Crippen LogP contribution in [-0.2, 0) is 16.2 Å². The maximum atomic E-state index is 11.0. The minimum absolute atomic E-state index is 0.0164. The largest absolute Gasteiger partial charge is 0.392 e. The number of ketones is 1. The highest BCUT2D eigenvalue weighted by Crippen LogP contribution is 2.17. The smallest absolute Gasteiger partial charge is 0.220 e. The Morgan fingerprint density at radius 2 is 1.73 bits per heavy atom. The first-order valence-electron chi connectivity index (χ1n) is 7.90. The van der Waals surface area contributed by atoms with Crippen molar-refractivity contribution in [1.82, 2.24) is 4.90 Å². The Morgan fingerprint density at radius 1 is 1.18 bits per heavy atom. The monoisotopic (exact) mass is 307 g/mol. The summed E-state index contributed by atoms with van der Waals surface area (Å²) < 4.78 is 0. The molecule has 0 aromatic heterocycles. The van der Waals surface area contributed by atoms with E-state index < -0.39 is 0 Å². The van der Waals surface area contributed by atoms with E-state index in [1.807, 2.05) is 30.3 Å². The molecule has 4 heteroatoms. The quantitative estimate of drug-likeness (QED) is 0.913. The van der Waals surface area contributed by atoms with E-state index in [2.05, 4.69) is 13.8 Å². The van der Waals surface area contributed by atoms with Gasteiger partial charge in [-0.3, -0.25) is 9.59 Å². The highest BCUT2D eigenvalue weighted by Gasteiger charge is 2.29. The molecule has 1 aromatic rings. The van der Waals surface area contributed by atoms with Gasteiger partial charge in [-0.1, -0.05) is 50.6 Å². The van der Waals surface area contributed by atoms with E-state index in [-0.39, 0.29) is 24.3 Å². The maximum Gasteiger partial charge on any atom is 0.220 e. The van der Waals surface area contributed by atoms with Crippen LogP contribution in [0.2, 0.25) is 0 Å². The Balaban J connectivity index is 0.000000352. The molecule has 1 heterocycles. The van der Waals surface area contributed by atoms with E-state index in [1.165, 1.54) is 13.3 Å². The molecule has 1 N–H and O–H groups in total. The van der Waals surface area contributed by atoms with Crippen LogP contribution in [0.15, 0.2) is 30.3 Å². The van der Waals surface area contributed by atoms with Crippen LogP contribution in [0.3, 0.4) is 0 Å². The minimum atomic E-state index is -0.132. The Morgan fingerprint density at radius 3 is 2.05 bits per heavy atom. The van der Waals surface area contributed by atoms with Gasteiger partial charge < -0.3 is 10.0 Å². The van der Waals surface area contributed by atoms with Gasteiger partial charge in [-0.05, 0) is 25.3 Å². The minimum Gasteiger partial charge on any atom is -0.392 e. The third-order valence-electron chi connectivity index (χ3n) is 3.15. The van der Waals surface area contributed by atoms with Crippen LogP contribution in [0, 0.1) is 0 Å². The second-order valence-corrected chi connectivity index (χ2v) is 5.33. The fourth-order valence-electron chi connectivity index (χ4n) is 2.15. The van der Waals surface area contributed by atoms with E-state index in [0.29, 0.717) is 0 Å². The molecule has 0 radical (unpaired) electrons. The van der Waals surface area contributed by atoms with Crippen LogP contribution >= 0.6 is 0 Å². The van der Waals surface area contributed by atoms with Gasteiger partial charge in [-0.25, -0.2) is 0 Å². The molecule has 1 aromatic carbocycles. The number of carbonyl (C=O) groups is 2. The highest BCUT2D eigenvalue weighted by molar-refractivity contribution is 5.87. The zero-order valence-electron chi connectivity index (χ0n) is 14.2. The predicted octanol–water partition coefficient (Wildman–Crippen LogP) is 3.18. The molecule has 0 aliphatic carbocycles. The predicted molar refractivity (Wildman–Crippen MR) is 89.4 cm³/mol. The van der Waals surface area contributed by atoms with Gasteiger partial charge in [0.25, 0.3) is 0 Å². The first kappa shape index (κ1) is 20.3. The molecule has 2 rings (SSSR count). The molecule has 1 aliphatic heterocycles. The molecule has 124 valence electrons. The average molecular weight is 307 g/mol. The molecule has 4 nitrogen and oxygen atoms in total. The third-order valence-corrected chi connectivity index (χ3v) is 3.15. The van der Waals surface area contributed by atoms with E-state index in [0.717, 1.165) is 24.9 Å². The number of aliphatic hydroxyl groups excluding tert-OH is 1. The summed E-state index contributed by atoms with van der Waals surface area (Å²) >= 11 is 0. The number of hydrogen-bond acceptors (Lipinski definition) is 3. The molecular formula is C18H29NO3. The maximum absolute atomic E-state index is 11.0. The Hall–Kier alpha value is -1.68. The summed E-state index contributed by atoms with van der Waals surface area (Å²) in [5, 5.41) is 8.54. The fraction of sp³-hybridized carbons (Fsp3) is 0.556. The lowest BCUT2D eigenvalue weighted by molar-refractivity contribution is -0.135. The number of carbonyl (C=O) groups excluding carboxylic acids is 2. The highest BCUT2D eigenvalue weighted by atomic mass is 16.3. The van der Waals surface area contributed by atoms with Crippen molar-refractivity contribution in [1.29, 1.82) is 0 Å².